The van der Waals surface area contributed by atoms with Crippen molar-refractivity contribution < 1.29 is 4.74 Å². The number of rotatable bonds is 5. The van der Waals surface area contributed by atoms with Crippen LogP contribution in [0.2, 0.25) is 0 Å². The van der Waals surface area contributed by atoms with Gasteiger partial charge in [-0.3, -0.25) is 0 Å². The first-order valence-corrected chi connectivity index (χ1v) is 5.28. The standard InChI is InChI=1S/C10H15BrN2O/c1-14-5-4-13-10-3-2-8(7-12)6-9(10)11/h2-3,6,13H,4-5,7,12H2,1H3. The molecule has 78 valence electrons. The fraction of sp³-hybridized carbons (Fsp3) is 0.400. The fourth-order valence-corrected chi connectivity index (χ4v) is 1.68. The Labute approximate surface area is 92.8 Å². The third-order valence-corrected chi connectivity index (χ3v) is 2.55. The molecule has 0 atom stereocenters. The lowest BCUT2D eigenvalue weighted by atomic mass is 10.2. The molecule has 0 amide bonds. The van der Waals surface area contributed by atoms with E-state index in [9.17, 15) is 0 Å². The Hall–Kier alpha value is -0.580. The van der Waals surface area contributed by atoms with E-state index in [1.165, 1.54) is 0 Å². The van der Waals surface area contributed by atoms with Crippen molar-refractivity contribution in [2.75, 3.05) is 25.6 Å². The SMILES string of the molecule is COCCNc1ccc(CN)cc1Br. The molecule has 1 aromatic rings. The molecular weight excluding hydrogens is 244 g/mol. The van der Waals surface area contributed by atoms with E-state index >= 15 is 0 Å². The summed E-state index contributed by atoms with van der Waals surface area (Å²) < 4.78 is 5.99. The summed E-state index contributed by atoms with van der Waals surface area (Å²) in [5.41, 5.74) is 7.72. The Balaban J connectivity index is 2.59. The van der Waals surface area contributed by atoms with Gasteiger partial charge in [-0.1, -0.05) is 6.07 Å². The highest BCUT2D eigenvalue weighted by Gasteiger charge is 1.99. The second-order valence-corrected chi connectivity index (χ2v) is 3.79. The van der Waals surface area contributed by atoms with Gasteiger partial charge >= 0.3 is 0 Å². The number of methoxy groups -OCH3 is 1. The number of halogens is 1. The Morgan fingerprint density at radius 3 is 2.86 bits per heavy atom. The van der Waals surface area contributed by atoms with Gasteiger partial charge in [-0.25, -0.2) is 0 Å². The van der Waals surface area contributed by atoms with Crippen molar-refractivity contribution in [3.63, 3.8) is 0 Å². The Morgan fingerprint density at radius 2 is 2.29 bits per heavy atom. The van der Waals surface area contributed by atoms with Crippen LogP contribution < -0.4 is 11.1 Å². The highest BCUT2D eigenvalue weighted by Crippen LogP contribution is 2.23. The molecule has 1 aromatic carbocycles. The highest BCUT2D eigenvalue weighted by molar-refractivity contribution is 9.10. The minimum Gasteiger partial charge on any atom is -0.383 e. The Bertz CT molecular complexity index is 291. The molecule has 0 aliphatic heterocycles. The quantitative estimate of drug-likeness (QED) is 0.795. The molecular formula is C10H15BrN2O. The van der Waals surface area contributed by atoms with Crippen molar-refractivity contribution in [3.8, 4) is 0 Å². The van der Waals surface area contributed by atoms with Gasteiger partial charge in [-0.05, 0) is 33.6 Å². The molecule has 1 rings (SSSR count). The van der Waals surface area contributed by atoms with Gasteiger partial charge in [-0.15, -0.1) is 0 Å². The van der Waals surface area contributed by atoms with E-state index in [1.54, 1.807) is 7.11 Å². The summed E-state index contributed by atoms with van der Waals surface area (Å²) in [5, 5.41) is 3.25. The van der Waals surface area contributed by atoms with Gasteiger partial charge < -0.3 is 15.8 Å². The normalized spacial score (nSPS) is 10.2. The maximum Gasteiger partial charge on any atom is 0.0635 e. The van der Waals surface area contributed by atoms with E-state index in [0.29, 0.717) is 13.2 Å². The van der Waals surface area contributed by atoms with Crippen molar-refractivity contribution in [2.24, 2.45) is 5.73 Å². The average molecular weight is 259 g/mol. The number of hydrogen-bond donors (Lipinski definition) is 2. The Morgan fingerprint density at radius 1 is 1.50 bits per heavy atom. The summed E-state index contributed by atoms with van der Waals surface area (Å²) in [7, 11) is 1.69. The number of nitrogens with one attached hydrogen (secondary N) is 1. The molecule has 14 heavy (non-hydrogen) atoms. The van der Waals surface area contributed by atoms with Crippen LogP contribution in [0.1, 0.15) is 5.56 Å². The van der Waals surface area contributed by atoms with Gasteiger partial charge in [0, 0.05) is 30.4 Å². The molecule has 4 heteroatoms. The molecule has 3 nitrogen and oxygen atoms in total. The van der Waals surface area contributed by atoms with Gasteiger partial charge in [0.25, 0.3) is 0 Å². The lowest BCUT2D eigenvalue weighted by Crippen LogP contribution is -2.08. The average Bonchev–Trinajstić information content (AvgIpc) is 2.20. The molecule has 0 saturated carbocycles. The van der Waals surface area contributed by atoms with Crippen molar-refractivity contribution in [1.82, 2.24) is 0 Å². The molecule has 0 aliphatic rings. The summed E-state index contributed by atoms with van der Waals surface area (Å²) in [6.07, 6.45) is 0. The second-order valence-electron chi connectivity index (χ2n) is 2.94. The van der Waals surface area contributed by atoms with Crippen LogP contribution in [0.5, 0.6) is 0 Å². The molecule has 0 spiro atoms. The first-order chi connectivity index (χ1) is 6.77. The molecule has 0 bridgehead atoms. The van der Waals surface area contributed by atoms with Gasteiger partial charge in [0.15, 0.2) is 0 Å². The molecule has 0 aromatic heterocycles. The molecule has 0 radical (unpaired) electrons. The summed E-state index contributed by atoms with van der Waals surface area (Å²) >= 11 is 3.48. The summed E-state index contributed by atoms with van der Waals surface area (Å²) in [6.45, 7) is 2.07. The zero-order valence-corrected chi connectivity index (χ0v) is 9.80. The largest absolute Gasteiger partial charge is 0.383 e. The molecule has 0 aliphatic carbocycles. The first-order valence-electron chi connectivity index (χ1n) is 4.49. The number of nitrogens with two attached hydrogens (primary N) is 1. The first kappa shape index (κ1) is 11.5. The summed E-state index contributed by atoms with van der Waals surface area (Å²) in [6, 6.07) is 6.05. The minimum atomic E-state index is 0.566. The number of anilines is 1. The highest BCUT2D eigenvalue weighted by atomic mass is 79.9. The van der Waals surface area contributed by atoms with Crippen molar-refractivity contribution in [2.45, 2.75) is 6.54 Å². The Kier molecular flexibility index (Phi) is 4.93. The van der Waals surface area contributed by atoms with Gasteiger partial charge in [-0.2, -0.15) is 0 Å². The van der Waals surface area contributed by atoms with Crippen LogP contribution in [0.25, 0.3) is 0 Å². The van der Waals surface area contributed by atoms with Crippen LogP contribution in [0.3, 0.4) is 0 Å². The van der Waals surface area contributed by atoms with E-state index in [2.05, 4.69) is 21.2 Å². The predicted octanol–water partition coefficient (Wildman–Crippen LogP) is 1.97. The second kappa shape index (κ2) is 6.01. The van der Waals surface area contributed by atoms with Crippen LogP contribution in [0, 0.1) is 0 Å². The van der Waals surface area contributed by atoms with Crippen LogP contribution in [-0.2, 0) is 11.3 Å². The van der Waals surface area contributed by atoms with E-state index in [0.717, 1.165) is 22.3 Å². The van der Waals surface area contributed by atoms with Crippen molar-refractivity contribution in [1.29, 1.82) is 0 Å². The molecule has 0 fully saturated rings. The van der Waals surface area contributed by atoms with E-state index in [-0.39, 0.29) is 0 Å². The maximum atomic E-state index is 5.53. The van der Waals surface area contributed by atoms with Crippen molar-refractivity contribution in [3.05, 3.63) is 28.2 Å². The van der Waals surface area contributed by atoms with E-state index < -0.39 is 0 Å². The lowest BCUT2D eigenvalue weighted by molar-refractivity contribution is 0.211. The summed E-state index contributed by atoms with van der Waals surface area (Å²) in [4.78, 5) is 0. The van der Waals surface area contributed by atoms with E-state index in [4.69, 9.17) is 10.5 Å². The fourth-order valence-electron chi connectivity index (χ4n) is 1.12. The van der Waals surface area contributed by atoms with Gasteiger partial charge in [0.05, 0.1) is 6.61 Å². The number of benzene rings is 1. The zero-order chi connectivity index (χ0) is 10.4. The van der Waals surface area contributed by atoms with E-state index in [1.807, 2.05) is 18.2 Å². The summed E-state index contributed by atoms with van der Waals surface area (Å²) in [5.74, 6) is 0. The number of hydrogen-bond acceptors (Lipinski definition) is 3. The van der Waals surface area contributed by atoms with Gasteiger partial charge in [0.2, 0.25) is 0 Å². The lowest BCUT2D eigenvalue weighted by Gasteiger charge is -2.08. The monoisotopic (exact) mass is 258 g/mol. The van der Waals surface area contributed by atoms with Crippen molar-refractivity contribution >= 4 is 21.6 Å². The van der Waals surface area contributed by atoms with Crippen LogP contribution in [-0.4, -0.2) is 20.3 Å². The third kappa shape index (κ3) is 3.29. The molecule has 0 saturated heterocycles. The molecule has 3 N–H and O–H groups in total. The topological polar surface area (TPSA) is 47.3 Å². The minimum absolute atomic E-state index is 0.566. The maximum absolute atomic E-state index is 5.53. The van der Waals surface area contributed by atoms with Crippen LogP contribution >= 0.6 is 15.9 Å². The third-order valence-electron chi connectivity index (χ3n) is 1.89. The molecule has 0 unspecified atom stereocenters. The number of ether oxygens (including phenoxy) is 1. The predicted molar refractivity (Wildman–Crippen MR) is 62.4 cm³/mol. The smallest absolute Gasteiger partial charge is 0.0635 e. The zero-order valence-electron chi connectivity index (χ0n) is 8.22. The van der Waals surface area contributed by atoms with Crippen LogP contribution in [0.4, 0.5) is 5.69 Å². The van der Waals surface area contributed by atoms with Crippen LogP contribution in [0.15, 0.2) is 22.7 Å². The molecule has 0 heterocycles. The van der Waals surface area contributed by atoms with Gasteiger partial charge in [0.1, 0.15) is 0 Å².